The van der Waals surface area contributed by atoms with Gasteiger partial charge in [-0.1, -0.05) is 0 Å². The van der Waals surface area contributed by atoms with E-state index in [2.05, 4.69) is 39.3 Å². The van der Waals surface area contributed by atoms with Gasteiger partial charge in [0.1, 0.15) is 17.2 Å². The first kappa shape index (κ1) is 11.7. The number of nitrogens with zero attached hydrogens (tertiary/aromatic N) is 2. The molecule has 0 unspecified atom stereocenters. The second-order valence-corrected chi connectivity index (χ2v) is 6.01. The summed E-state index contributed by atoms with van der Waals surface area (Å²) >= 11 is 5.20. The number of aromatic nitrogens is 2. The molecule has 3 nitrogen and oxygen atoms in total. The van der Waals surface area contributed by atoms with Gasteiger partial charge in [0.05, 0.1) is 4.88 Å². The van der Waals surface area contributed by atoms with Gasteiger partial charge in [-0.3, -0.25) is 4.40 Å². The van der Waals surface area contributed by atoms with Crippen LogP contribution in [0.2, 0.25) is 0 Å². The molecular formula is C13H12BrN3S. The first-order chi connectivity index (χ1) is 8.59. The third-order valence-electron chi connectivity index (χ3n) is 3.08. The van der Waals surface area contributed by atoms with Crippen LogP contribution in [0.1, 0.15) is 11.3 Å². The highest BCUT2D eigenvalue weighted by Crippen LogP contribution is 2.34. The minimum absolute atomic E-state index is 0.703. The Balaban J connectivity index is 2.37. The molecule has 0 aromatic carbocycles. The van der Waals surface area contributed by atoms with Crippen molar-refractivity contribution >= 4 is 38.7 Å². The summed E-state index contributed by atoms with van der Waals surface area (Å²) < 4.78 is 3.02. The van der Waals surface area contributed by atoms with Gasteiger partial charge in [0.2, 0.25) is 0 Å². The van der Waals surface area contributed by atoms with Crippen LogP contribution in [0.5, 0.6) is 0 Å². The molecule has 5 heteroatoms. The van der Waals surface area contributed by atoms with E-state index >= 15 is 0 Å². The number of rotatable bonds is 1. The normalized spacial score (nSPS) is 11.3. The van der Waals surface area contributed by atoms with Crippen LogP contribution in [0, 0.1) is 13.8 Å². The maximum absolute atomic E-state index is 6.26. The molecule has 0 amide bonds. The van der Waals surface area contributed by atoms with Crippen molar-refractivity contribution in [3.63, 3.8) is 0 Å². The summed E-state index contributed by atoms with van der Waals surface area (Å²) in [6.07, 6.45) is 0. The molecule has 2 N–H and O–H groups in total. The highest BCUT2D eigenvalue weighted by molar-refractivity contribution is 9.10. The monoisotopic (exact) mass is 321 g/mol. The average Bonchev–Trinajstić information content (AvgIpc) is 2.89. The number of hydrogen-bond donors (Lipinski definition) is 1. The zero-order chi connectivity index (χ0) is 12.9. The van der Waals surface area contributed by atoms with E-state index in [0.29, 0.717) is 5.82 Å². The van der Waals surface area contributed by atoms with Crippen LogP contribution in [0.25, 0.3) is 16.2 Å². The molecule has 92 valence electrons. The highest BCUT2D eigenvalue weighted by Gasteiger charge is 2.16. The zero-order valence-corrected chi connectivity index (χ0v) is 12.5. The van der Waals surface area contributed by atoms with Crippen molar-refractivity contribution in [3.8, 4) is 10.6 Å². The number of nitrogens with two attached hydrogens (primary N) is 1. The van der Waals surface area contributed by atoms with Crippen molar-refractivity contribution in [1.29, 1.82) is 0 Å². The van der Waals surface area contributed by atoms with E-state index in [0.717, 1.165) is 26.4 Å². The lowest BCUT2D eigenvalue weighted by Crippen LogP contribution is -1.98. The van der Waals surface area contributed by atoms with Crippen molar-refractivity contribution < 1.29 is 0 Å². The SMILES string of the molecule is Cc1ccsc1-c1nc2ccc(Br)c(C)n2c1N. The minimum atomic E-state index is 0.703. The largest absolute Gasteiger partial charge is 0.383 e. The van der Waals surface area contributed by atoms with Crippen LogP contribution < -0.4 is 5.73 Å². The van der Waals surface area contributed by atoms with Crippen molar-refractivity contribution in [3.05, 3.63) is 39.3 Å². The molecule has 0 aliphatic rings. The Labute approximate surface area is 117 Å². The van der Waals surface area contributed by atoms with Crippen LogP contribution in [-0.2, 0) is 0 Å². The van der Waals surface area contributed by atoms with Crippen molar-refractivity contribution in [1.82, 2.24) is 9.38 Å². The molecule has 0 saturated carbocycles. The summed E-state index contributed by atoms with van der Waals surface area (Å²) in [4.78, 5) is 5.79. The highest BCUT2D eigenvalue weighted by atomic mass is 79.9. The number of hydrogen-bond acceptors (Lipinski definition) is 3. The van der Waals surface area contributed by atoms with Gasteiger partial charge in [-0.15, -0.1) is 11.3 Å². The lowest BCUT2D eigenvalue weighted by molar-refractivity contribution is 1.09. The second-order valence-electron chi connectivity index (χ2n) is 4.24. The molecule has 3 heterocycles. The lowest BCUT2D eigenvalue weighted by atomic mass is 10.2. The summed E-state index contributed by atoms with van der Waals surface area (Å²) in [5, 5.41) is 2.07. The molecule has 0 fully saturated rings. The van der Waals surface area contributed by atoms with Crippen LogP contribution in [0.3, 0.4) is 0 Å². The topological polar surface area (TPSA) is 43.3 Å². The van der Waals surface area contributed by atoms with Crippen LogP contribution in [0.4, 0.5) is 5.82 Å². The van der Waals surface area contributed by atoms with Crippen LogP contribution in [0.15, 0.2) is 28.1 Å². The minimum Gasteiger partial charge on any atom is -0.383 e. The number of imidazole rings is 1. The molecule has 18 heavy (non-hydrogen) atoms. The molecule has 0 bridgehead atoms. The van der Waals surface area contributed by atoms with Gasteiger partial charge < -0.3 is 5.73 Å². The third-order valence-corrected chi connectivity index (χ3v) is 4.94. The molecule has 0 aliphatic carbocycles. The smallest absolute Gasteiger partial charge is 0.139 e. The third kappa shape index (κ3) is 1.58. The molecule has 0 spiro atoms. The Morgan fingerprint density at radius 2 is 2.06 bits per heavy atom. The van der Waals surface area contributed by atoms with E-state index in [4.69, 9.17) is 5.73 Å². The van der Waals surface area contributed by atoms with Gasteiger partial charge in [0, 0.05) is 10.2 Å². The van der Waals surface area contributed by atoms with E-state index in [-0.39, 0.29) is 0 Å². The summed E-state index contributed by atoms with van der Waals surface area (Å²) in [5.74, 6) is 0.703. The van der Waals surface area contributed by atoms with Gasteiger partial charge in [0.25, 0.3) is 0 Å². The maximum atomic E-state index is 6.26. The fourth-order valence-corrected chi connectivity index (χ4v) is 3.31. The number of halogens is 1. The summed E-state index contributed by atoms with van der Waals surface area (Å²) in [5.41, 5.74) is 10.3. The van der Waals surface area contributed by atoms with Crippen molar-refractivity contribution in [2.24, 2.45) is 0 Å². The number of anilines is 1. The van der Waals surface area contributed by atoms with E-state index in [1.807, 2.05) is 23.5 Å². The molecular weight excluding hydrogens is 310 g/mol. The predicted octanol–water partition coefficient (Wildman–Crippen LogP) is 4.02. The number of thiophene rings is 1. The molecule has 3 aromatic heterocycles. The van der Waals surface area contributed by atoms with Gasteiger partial charge >= 0.3 is 0 Å². The molecule has 3 aromatic rings. The molecule has 0 saturated heterocycles. The Bertz CT molecular complexity index is 742. The Hall–Kier alpha value is -1.33. The molecule has 0 atom stereocenters. The number of pyridine rings is 1. The Morgan fingerprint density at radius 1 is 1.28 bits per heavy atom. The van der Waals surface area contributed by atoms with E-state index in [9.17, 15) is 0 Å². The van der Waals surface area contributed by atoms with Crippen LogP contribution in [-0.4, -0.2) is 9.38 Å². The summed E-state index contributed by atoms with van der Waals surface area (Å²) in [6.45, 7) is 4.11. The van der Waals surface area contributed by atoms with Crippen molar-refractivity contribution in [2.75, 3.05) is 5.73 Å². The standard InChI is InChI=1S/C13H12BrN3S/c1-7-5-6-18-12(7)11-13(15)17-8(2)9(14)3-4-10(17)16-11/h3-6H,15H2,1-2H3. The first-order valence-corrected chi connectivity index (χ1v) is 7.24. The zero-order valence-electron chi connectivity index (χ0n) is 10.1. The fourth-order valence-electron chi connectivity index (χ4n) is 2.07. The summed E-state index contributed by atoms with van der Waals surface area (Å²) in [6, 6.07) is 6.06. The van der Waals surface area contributed by atoms with Gasteiger partial charge in [0.15, 0.2) is 0 Å². The number of nitrogen functional groups attached to an aromatic ring is 1. The van der Waals surface area contributed by atoms with Gasteiger partial charge in [-0.05, 0) is 58.9 Å². The first-order valence-electron chi connectivity index (χ1n) is 5.57. The predicted molar refractivity (Wildman–Crippen MR) is 80.1 cm³/mol. The van der Waals surface area contributed by atoms with Gasteiger partial charge in [-0.25, -0.2) is 4.98 Å². The van der Waals surface area contributed by atoms with Crippen molar-refractivity contribution in [2.45, 2.75) is 13.8 Å². The lowest BCUT2D eigenvalue weighted by Gasteiger charge is -2.04. The Kier molecular flexibility index (Phi) is 2.68. The maximum Gasteiger partial charge on any atom is 0.139 e. The second kappa shape index (κ2) is 4.10. The van der Waals surface area contributed by atoms with Crippen LogP contribution >= 0.6 is 27.3 Å². The quantitative estimate of drug-likeness (QED) is 0.735. The molecule has 3 rings (SSSR count). The van der Waals surface area contributed by atoms with E-state index < -0.39 is 0 Å². The molecule has 0 radical (unpaired) electrons. The number of fused-ring (bicyclic) bond motifs is 1. The average molecular weight is 322 g/mol. The number of aryl methyl sites for hydroxylation is 2. The van der Waals surface area contributed by atoms with Gasteiger partial charge in [-0.2, -0.15) is 0 Å². The molecule has 0 aliphatic heterocycles. The Morgan fingerprint density at radius 3 is 2.72 bits per heavy atom. The van der Waals surface area contributed by atoms with E-state index in [1.54, 1.807) is 11.3 Å². The fraction of sp³-hybridized carbons (Fsp3) is 0.154. The summed E-state index contributed by atoms with van der Waals surface area (Å²) in [7, 11) is 0. The van der Waals surface area contributed by atoms with E-state index in [1.165, 1.54) is 5.56 Å².